The summed E-state index contributed by atoms with van der Waals surface area (Å²) in [6, 6.07) is 26.1. The predicted octanol–water partition coefficient (Wildman–Crippen LogP) is 4.20. The summed E-state index contributed by atoms with van der Waals surface area (Å²) >= 11 is 0. The highest BCUT2D eigenvalue weighted by atomic mass is 16.5. The van der Waals surface area contributed by atoms with Crippen LogP contribution in [0, 0.1) is 0 Å². The van der Waals surface area contributed by atoms with Gasteiger partial charge in [-0.2, -0.15) is 0 Å². The van der Waals surface area contributed by atoms with Crippen LogP contribution in [0.25, 0.3) is 0 Å². The second-order valence-electron chi connectivity index (χ2n) is 11.1. The maximum Gasteiger partial charge on any atom is 0.253 e. The van der Waals surface area contributed by atoms with E-state index in [4.69, 9.17) is 4.74 Å². The molecule has 1 unspecified atom stereocenters. The highest BCUT2D eigenvalue weighted by Crippen LogP contribution is 2.28. The van der Waals surface area contributed by atoms with Gasteiger partial charge in [-0.25, -0.2) is 0 Å². The number of ether oxygens (including phenoxy) is 1. The number of morpholine rings is 1. The number of rotatable bonds is 11. The minimum atomic E-state index is -0.255. The van der Waals surface area contributed by atoms with Crippen LogP contribution in [0.3, 0.4) is 0 Å². The lowest BCUT2D eigenvalue weighted by Crippen LogP contribution is -2.46. The smallest absolute Gasteiger partial charge is 0.253 e. The number of hydrogen-bond donors (Lipinski definition) is 2. The number of nitrogens with zero attached hydrogens (tertiary/aromatic N) is 3. The van der Waals surface area contributed by atoms with Gasteiger partial charge in [0, 0.05) is 70.3 Å². The Hall–Kier alpha value is -3.72. The van der Waals surface area contributed by atoms with E-state index in [9.17, 15) is 9.59 Å². The summed E-state index contributed by atoms with van der Waals surface area (Å²) in [7, 11) is 0. The van der Waals surface area contributed by atoms with Gasteiger partial charge in [0.25, 0.3) is 5.91 Å². The molecule has 2 aliphatic rings. The first kappa shape index (κ1) is 29.8. The summed E-state index contributed by atoms with van der Waals surface area (Å²) < 4.78 is 5.45. The SMILES string of the molecule is CCC(C(=O)Nc1ccc(N2CCN(Cc3ccccc3)CC2)c(C(=O)NCCN2CCOCC2)c1)c1ccccc1. The molecule has 42 heavy (non-hydrogen) atoms. The zero-order chi connectivity index (χ0) is 29.1. The lowest BCUT2D eigenvalue weighted by molar-refractivity contribution is -0.117. The topological polar surface area (TPSA) is 77.2 Å². The average Bonchev–Trinajstić information content (AvgIpc) is 3.03. The van der Waals surface area contributed by atoms with Gasteiger partial charge in [-0.1, -0.05) is 67.6 Å². The van der Waals surface area contributed by atoms with Gasteiger partial charge in [0.05, 0.1) is 24.7 Å². The third kappa shape index (κ3) is 7.97. The lowest BCUT2D eigenvalue weighted by Gasteiger charge is -2.37. The molecule has 2 saturated heterocycles. The number of anilines is 2. The molecule has 3 aromatic carbocycles. The van der Waals surface area contributed by atoms with Crippen LogP contribution in [0.15, 0.2) is 78.9 Å². The molecule has 2 fully saturated rings. The Morgan fingerprint density at radius 1 is 0.833 bits per heavy atom. The van der Waals surface area contributed by atoms with Crippen LogP contribution < -0.4 is 15.5 Å². The van der Waals surface area contributed by atoms with Crippen LogP contribution in [0.1, 0.15) is 40.7 Å². The molecule has 0 spiro atoms. The standard InChI is InChI=1S/C34H43N5O3/c1-2-30(28-11-7-4-8-12-28)34(41)36-29-13-14-32(31(25-29)33(40)35-15-16-37-21-23-42-24-22-37)39-19-17-38(18-20-39)26-27-9-5-3-6-10-27/h3-14,25,30H,2,15-24,26H2,1H3,(H,35,40)(H,36,41). The Morgan fingerprint density at radius 3 is 2.21 bits per heavy atom. The summed E-state index contributed by atoms with van der Waals surface area (Å²) in [6.07, 6.45) is 0.691. The molecule has 0 aromatic heterocycles. The van der Waals surface area contributed by atoms with Crippen molar-refractivity contribution in [3.05, 3.63) is 95.6 Å². The van der Waals surface area contributed by atoms with Crippen molar-refractivity contribution in [1.82, 2.24) is 15.1 Å². The maximum absolute atomic E-state index is 13.6. The second-order valence-corrected chi connectivity index (χ2v) is 11.1. The van der Waals surface area contributed by atoms with E-state index in [0.717, 1.165) is 76.8 Å². The summed E-state index contributed by atoms with van der Waals surface area (Å²) in [4.78, 5) is 34.0. The van der Waals surface area contributed by atoms with Gasteiger partial charge < -0.3 is 20.3 Å². The lowest BCUT2D eigenvalue weighted by atomic mass is 9.95. The Morgan fingerprint density at radius 2 is 1.52 bits per heavy atom. The molecule has 2 aliphatic heterocycles. The molecule has 2 amide bonds. The van der Waals surface area contributed by atoms with Crippen molar-refractivity contribution in [3.8, 4) is 0 Å². The van der Waals surface area contributed by atoms with Gasteiger partial charge in [0.1, 0.15) is 0 Å². The first-order valence-corrected chi connectivity index (χ1v) is 15.2. The maximum atomic E-state index is 13.6. The number of nitrogens with one attached hydrogen (secondary N) is 2. The van der Waals surface area contributed by atoms with Crippen molar-refractivity contribution in [2.75, 3.05) is 75.8 Å². The minimum Gasteiger partial charge on any atom is -0.379 e. The average molecular weight is 570 g/mol. The first-order valence-electron chi connectivity index (χ1n) is 15.2. The van der Waals surface area contributed by atoms with Crippen molar-refractivity contribution >= 4 is 23.2 Å². The van der Waals surface area contributed by atoms with Gasteiger partial charge in [-0.05, 0) is 35.7 Å². The zero-order valence-electron chi connectivity index (χ0n) is 24.6. The van der Waals surface area contributed by atoms with Crippen molar-refractivity contribution in [1.29, 1.82) is 0 Å². The largest absolute Gasteiger partial charge is 0.379 e. The van der Waals surface area contributed by atoms with Gasteiger partial charge in [-0.3, -0.25) is 19.4 Å². The number of benzene rings is 3. The van der Waals surface area contributed by atoms with Crippen molar-refractivity contribution in [3.63, 3.8) is 0 Å². The number of carbonyl (C=O) groups excluding carboxylic acids is 2. The highest BCUT2D eigenvalue weighted by molar-refractivity contribution is 6.03. The highest BCUT2D eigenvalue weighted by Gasteiger charge is 2.24. The fourth-order valence-electron chi connectivity index (χ4n) is 5.79. The number of amides is 2. The Labute approximate surface area is 249 Å². The summed E-state index contributed by atoms with van der Waals surface area (Å²) in [5, 5.41) is 6.23. The predicted molar refractivity (Wildman–Crippen MR) is 168 cm³/mol. The monoisotopic (exact) mass is 569 g/mol. The van der Waals surface area contributed by atoms with Crippen molar-refractivity contribution in [2.24, 2.45) is 0 Å². The summed E-state index contributed by atoms with van der Waals surface area (Å²) in [6.45, 7) is 11.0. The van der Waals surface area contributed by atoms with Crippen LogP contribution in [-0.4, -0.2) is 87.2 Å². The molecular formula is C34H43N5O3. The minimum absolute atomic E-state index is 0.0651. The normalized spacial score (nSPS) is 17.0. The van der Waals surface area contributed by atoms with Crippen LogP contribution in [-0.2, 0) is 16.1 Å². The van der Waals surface area contributed by atoms with E-state index >= 15 is 0 Å². The number of piperazine rings is 1. The van der Waals surface area contributed by atoms with Gasteiger partial charge >= 0.3 is 0 Å². The Balaban J connectivity index is 1.29. The van der Waals surface area contributed by atoms with Gasteiger partial charge in [0.2, 0.25) is 5.91 Å². The van der Waals surface area contributed by atoms with Crippen molar-refractivity contribution in [2.45, 2.75) is 25.8 Å². The zero-order valence-corrected chi connectivity index (χ0v) is 24.6. The van der Waals surface area contributed by atoms with E-state index in [1.54, 1.807) is 0 Å². The number of carbonyl (C=O) groups is 2. The molecule has 0 radical (unpaired) electrons. The molecule has 0 aliphatic carbocycles. The quantitative estimate of drug-likeness (QED) is 0.361. The van der Waals surface area contributed by atoms with E-state index in [1.165, 1.54) is 5.56 Å². The molecule has 2 N–H and O–H groups in total. The third-order valence-electron chi connectivity index (χ3n) is 8.21. The van der Waals surface area contributed by atoms with E-state index in [-0.39, 0.29) is 17.7 Å². The molecular weight excluding hydrogens is 526 g/mol. The van der Waals surface area contributed by atoms with Gasteiger partial charge in [-0.15, -0.1) is 0 Å². The summed E-state index contributed by atoms with van der Waals surface area (Å²) in [5.41, 5.74) is 4.44. The fourth-order valence-corrected chi connectivity index (χ4v) is 5.79. The van der Waals surface area contributed by atoms with Crippen molar-refractivity contribution < 1.29 is 14.3 Å². The molecule has 5 rings (SSSR count). The molecule has 8 nitrogen and oxygen atoms in total. The fraction of sp³-hybridized carbons (Fsp3) is 0.412. The Bertz CT molecular complexity index is 1290. The first-order chi connectivity index (χ1) is 20.6. The Kier molecular flexibility index (Phi) is 10.6. The summed E-state index contributed by atoms with van der Waals surface area (Å²) in [5.74, 6) is -0.435. The van der Waals surface area contributed by atoms with Crippen LogP contribution in [0.5, 0.6) is 0 Å². The van der Waals surface area contributed by atoms with E-state index in [0.29, 0.717) is 24.2 Å². The molecule has 1 atom stereocenters. The number of hydrogen-bond acceptors (Lipinski definition) is 6. The molecule has 0 saturated carbocycles. The molecule has 2 heterocycles. The van der Waals surface area contributed by atoms with E-state index in [2.05, 4.69) is 49.6 Å². The second kappa shape index (κ2) is 15.0. The molecule has 3 aromatic rings. The molecule has 0 bridgehead atoms. The van der Waals surface area contributed by atoms with Gasteiger partial charge in [0.15, 0.2) is 0 Å². The van der Waals surface area contributed by atoms with E-state index < -0.39 is 0 Å². The third-order valence-corrected chi connectivity index (χ3v) is 8.21. The van der Waals surface area contributed by atoms with E-state index in [1.807, 2.05) is 61.5 Å². The molecule has 222 valence electrons. The van der Waals surface area contributed by atoms with Crippen LogP contribution in [0.2, 0.25) is 0 Å². The van der Waals surface area contributed by atoms with Crippen LogP contribution >= 0.6 is 0 Å². The van der Waals surface area contributed by atoms with Crippen LogP contribution in [0.4, 0.5) is 11.4 Å². The molecule has 8 heteroatoms.